The molecule has 0 fully saturated rings. The van der Waals surface area contributed by atoms with Crippen molar-refractivity contribution in [1.82, 2.24) is 4.90 Å². The minimum Gasteiger partial charge on any atom is -0.726 e. The summed E-state index contributed by atoms with van der Waals surface area (Å²) >= 11 is 0. The number of likely N-dealkylation sites (N-methyl/N-ethyl adjacent to an activating group) is 1. The molecule has 0 bridgehead atoms. The molecule has 2 aromatic rings. The predicted molar refractivity (Wildman–Crippen MR) is 122 cm³/mol. The van der Waals surface area contributed by atoms with Gasteiger partial charge in [0.25, 0.3) is 22.7 Å². The first kappa shape index (κ1) is 28.3. The molecule has 0 aromatic heterocycles. The molecule has 17 nitrogen and oxygen atoms in total. The number of allylic oxidation sites excluding steroid dienone is 2. The zero-order valence-corrected chi connectivity index (χ0v) is 19.3. The Labute approximate surface area is 207 Å². The zero-order chi connectivity index (χ0) is 28.1. The van der Waals surface area contributed by atoms with Gasteiger partial charge in [0.05, 0.1) is 44.3 Å². The molecule has 0 unspecified atom stereocenters. The highest BCUT2D eigenvalue weighted by Gasteiger charge is 2.37. The van der Waals surface area contributed by atoms with Crippen molar-refractivity contribution in [3.63, 3.8) is 0 Å². The summed E-state index contributed by atoms with van der Waals surface area (Å²) in [5, 5.41) is 45.7. The van der Waals surface area contributed by atoms with Crippen LogP contribution in [-0.2, 0) is 10.4 Å². The summed E-state index contributed by atoms with van der Waals surface area (Å²) in [6.07, 6.45) is 6.14. The third-order valence-electron chi connectivity index (χ3n) is 4.83. The van der Waals surface area contributed by atoms with Crippen molar-refractivity contribution in [1.29, 1.82) is 0 Å². The molecule has 0 saturated carbocycles. The van der Waals surface area contributed by atoms with E-state index >= 15 is 0 Å². The highest BCUT2D eigenvalue weighted by Crippen LogP contribution is 2.43. The van der Waals surface area contributed by atoms with Crippen molar-refractivity contribution in [2.75, 3.05) is 13.6 Å². The van der Waals surface area contributed by atoms with Gasteiger partial charge in [-0.3, -0.25) is 49.9 Å². The summed E-state index contributed by atoms with van der Waals surface area (Å²) < 4.78 is 32.8. The second-order valence-corrected chi connectivity index (χ2v) is 8.13. The first-order valence-corrected chi connectivity index (χ1v) is 11.0. The normalized spacial score (nSPS) is 12.6. The van der Waals surface area contributed by atoms with Gasteiger partial charge in [-0.1, -0.05) is 0 Å². The van der Waals surface area contributed by atoms with Crippen LogP contribution in [0.1, 0.15) is 17.0 Å². The third kappa shape index (κ3) is 7.54. The van der Waals surface area contributed by atoms with Gasteiger partial charge in [0.1, 0.15) is 17.8 Å². The standard InChI is InChI=1S/C19H14N5O8.H2O4S/c1-20-8-2-3-12(11-20)19(15-6-4-13(21(25)26)9-17(15)23(29)30)16-7-5-14(22(27)28)10-18(16)24(31)32;1-5(2,3)4/h2,4-10,19H,11H2,1H3;(H2,1,2,3,4)/q+1;/p-1. The van der Waals surface area contributed by atoms with Crippen molar-refractivity contribution in [3.05, 3.63) is 112 Å². The van der Waals surface area contributed by atoms with E-state index in [1.54, 1.807) is 18.1 Å². The lowest BCUT2D eigenvalue weighted by atomic mass is 9.82. The van der Waals surface area contributed by atoms with Gasteiger partial charge in [-0.2, -0.15) is 0 Å². The molecule has 194 valence electrons. The van der Waals surface area contributed by atoms with Crippen molar-refractivity contribution >= 4 is 33.1 Å². The van der Waals surface area contributed by atoms with Crippen LogP contribution in [0.3, 0.4) is 0 Å². The molecule has 3 rings (SSSR count). The van der Waals surface area contributed by atoms with Gasteiger partial charge in [0.2, 0.25) is 10.4 Å². The van der Waals surface area contributed by atoms with E-state index in [2.05, 4.69) is 6.08 Å². The lowest BCUT2D eigenvalue weighted by molar-refractivity contribution is -0.395. The molecule has 0 radical (unpaired) electrons. The SMILES string of the molecule is CN1C=C[C+]=C(C(c2ccc([N+](=O)[O-])cc2[N+](=O)[O-])c2ccc([N+](=O)[O-])cc2[N+](=O)[O-])C1.O=S(=O)([O-])O. The highest BCUT2D eigenvalue weighted by atomic mass is 32.3. The Bertz CT molecular complexity index is 1350. The van der Waals surface area contributed by atoms with Crippen LogP contribution in [0.15, 0.2) is 54.2 Å². The summed E-state index contributed by atoms with van der Waals surface area (Å²) in [4.78, 5) is 44.2. The summed E-state index contributed by atoms with van der Waals surface area (Å²) in [6, 6.07) is 6.02. The molecular weight excluding hydrogens is 522 g/mol. The van der Waals surface area contributed by atoms with Crippen molar-refractivity contribution in [2.45, 2.75) is 5.92 Å². The van der Waals surface area contributed by atoms with E-state index < -0.39 is 58.8 Å². The van der Waals surface area contributed by atoms with E-state index in [4.69, 9.17) is 17.5 Å². The van der Waals surface area contributed by atoms with E-state index in [0.29, 0.717) is 5.57 Å². The van der Waals surface area contributed by atoms with Crippen LogP contribution in [0.4, 0.5) is 22.7 Å². The Balaban J connectivity index is 0.000000877. The van der Waals surface area contributed by atoms with Crippen LogP contribution < -0.4 is 0 Å². The minimum absolute atomic E-state index is 0.0382. The van der Waals surface area contributed by atoms with Gasteiger partial charge in [0.15, 0.2) is 6.08 Å². The largest absolute Gasteiger partial charge is 0.726 e. The average Bonchev–Trinajstić information content (AvgIpc) is 2.78. The Kier molecular flexibility index (Phi) is 8.60. The van der Waals surface area contributed by atoms with Gasteiger partial charge < -0.3 is 4.55 Å². The zero-order valence-electron chi connectivity index (χ0n) is 18.5. The van der Waals surface area contributed by atoms with Crippen LogP contribution in [0.2, 0.25) is 0 Å². The lowest BCUT2D eigenvalue weighted by Gasteiger charge is -2.21. The topological polar surface area (TPSA) is 253 Å². The van der Waals surface area contributed by atoms with Crippen LogP contribution in [0.5, 0.6) is 0 Å². The van der Waals surface area contributed by atoms with Gasteiger partial charge >= 0.3 is 0 Å². The molecule has 37 heavy (non-hydrogen) atoms. The number of non-ortho nitro benzene ring substituents is 2. The Morgan fingerprint density at radius 1 is 0.865 bits per heavy atom. The van der Waals surface area contributed by atoms with Crippen molar-refractivity contribution in [3.8, 4) is 0 Å². The van der Waals surface area contributed by atoms with E-state index in [-0.39, 0.29) is 17.7 Å². The molecule has 18 heteroatoms. The maximum Gasteiger partial charge on any atom is 0.280 e. The monoisotopic (exact) mass is 537 g/mol. The molecule has 1 N–H and O–H groups in total. The van der Waals surface area contributed by atoms with E-state index in [1.807, 2.05) is 0 Å². The summed E-state index contributed by atoms with van der Waals surface area (Å²) in [5.41, 5.74) is -1.92. The number of rotatable bonds is 7. The molecule has 1 heterocycles. The van der Waals surface area contributed by atoms with Gasteiger partial charge in [-0.05, 0) is 12.1 Å². The number of nitrogens with zero attached hydrogens (tertiary/aromatic N) is 5. The molecule has 0 aliphatic carbocycles. The van der Waals surface area contributed by atoms with E-state index in [1.165, 1.54) is 18.2 Å². The number of hydrogen-bond acceptors (Lipinski definition) is 12. The number of benzene rings is 2. The first-order chi connectivity index (χ1) is 17.1. The Morgan fingerprint density at radius 2 is 1.27 bits per heavy atom. The molecule has 0 amide bonds. The molecule has 1 aliphatic heterocycles. The molecule has 0 saturated heterocycles. The first-order valence-electron chi connectivity index (χ1n) is 9.63. The van der Waals surface area contributed by atoms with Crippen LogP contribution in [0.25, 0.3) is 0 Å². The quantitative estimate of drug-likeness (QED) is 0.175. The molecule has 1 aliphatic rings. The van der Waals surface area contributed by atoms with Crippen molar-refractivity contribution < 1.29 is 37.2 Å². The van der Waals surface area contributed by atoms with Crippen LogP contribution in [-0.4, -0.2) is 55.7 Å². The Hall–Kier alpha value is -4.90. The van der Waals surface area contributed by atoms with E-state index in [0.717, 1.165) is 24.3 Å². The molecule has 0 spiro atoms. The van der Waals surface area contributed by atoms with Gasteiger partial charge in [0, 0.05) is 30.3 Å². The molecule has 2 aromatic carbocycles. The minimum atomic E-state index is -4.92. The smallest absolute Gasteiger partial charge is 0.280 e. The molecule has 0 atom stereocenters. The molecular formula is C19H15N5O12S. The maximum atomic E-state index is 11.7. The number of hydrogen-bond donors (Lipinski definition) is 1. The Morgan fingerprint density at radius 3 is 1.59 bits per heavy atom. The van der Waals surface area contributed by atoms with Gasteiger partial charge in [-0.15, -0.1) is 0 Å². The fourth-order valence-electron chi connectivity index (χ4n) is 3.45. The highest BCUT2D eigenvalue weighted by molar-refractivity contribution is 7.79. The van der Waals surface area contributed by atoms with Crippen molar-refractivity contribution in [2.24, 2.45) is 0 Å². The predicted octanol–water partition coefficient (Wildman–Crippen LogP) is 2.64. The number of nitro groups is 4. The average molecular weight is 537 g/mol. The fraction of sp³-hybridized carbons (Fsp3) is 0.158. The van der Waals surface area contributed by atoms with Gasteiger partial charge in [-0.25, -0.2) is 8.42 Å². The van der Waals surface area contributed by atoms with Crippen LogP contribution in [0, 0.1) is 46.5 Å². The summed E-state index contributed by atoms with van der Waals surface area (Å²) in [6.45, 7) is 0.198. The lowest BCUT2D eigenvalue weighted by Crippen LogP contribution is -2.22. The number of nitro benzene ring substituents is 4. The summed E-state index contributed by atoms with van der Waals surface area (Å²) in [7, 11) is -3.21. The fourth-order valence-corrected chi connectivity index (χ4v) is 3.45. The second kappa shape index (κ2) is 11.2. The summed E-state index contributed by atoms with van der Waals surface area (Å²) in [5.74, 6) is -1.11. The van der Waals surface area contributed by atoms with Crippen LogP contribution >= 0.6 is 0 Å². The maximum absolute atomic E-state index is 11.7. The second-order valence-electron chi connectivity index (χ2n) is 7.28. The third-order valence-corrected chi connectivity index (χ3v) is 4.83. The van der Waals surface area contributed by atoms with E-state index in [9.17, 15) is 40.5 Å².